The number of methoxy groups -OCH3 is 1. The number of halogens is 3. The third-order valence-corrected chi connectivity index (χ3v) is 4.01. The standard InChI is InChI=1S/C15H13Cl3N4O3/c1-8(15(23)24-2)25-21-7-13-9(5-19)6-20-22(13)14-11(17)3-10(16)4-12(14)18/h3-4,6,8,21H,7H2,1-2H3. The van der Waals surface area contributed by atoms with Gasteiger partial charge in [-0.25, -0.2) is 9.48 Å². The largest absolute Gasteiger partial charge is 0.467 e. The molecule has 25 heavy (non-hydrogen) atoms. The average Bonchev–Trinajstić information content (AvgIpc) is 2.95. The van der Waals surface area contributed by atoms with Crippen LogP contribution < -0.4 is 5.48 Å². The van der Waals surface area contributed by atoms with Gasteiger partial charge in [-0.2, -0.15) is 15.8 Å². The van der Waals surface area contributed by atoms with Gasteiger partial charge in [0.2, 0.25) is 0 Å². The number of nitrogens with zero attached hydrogens (tertiary/aromatic N) is 3. The number of aromatic nitrogens is 2. The van der Waals surface area contributed by atoms with Crippen LogP contribution in [-0.2, 0) is 20.9 Å². The quantitative estimate of drug-likeness (QED) is 0.588. The van der Waals surface area contributed by atoms with E-state index in [0.717, 1.165) is 0 Å². The molecule has 1 aromatic heterocycles. The maximum absolute atomic E-state index is 11.3. The van der Waals surface area contributed by atoms with Gasteiger partial charge in [-0.05, 0) is 19.1 Å². The van der Waals surface area contributed by atoms with Gasteiger partial charge in [-0.15, -0.1) is 0 Å². The Balaban J connectivity index is 2.30. The number of benzene rings is 1. The van der Waals surface area contributed by atoms with Crippen molar-refractivity contribution in [2.75, 3.05) is 7.11 Å². The summed E-state index contributed by atoms with van der Waals surface area (Å²) in [7, 11) is 1.26. The van der Waals surface area contributed by atoms with E-state index in [-0.39, 0.29) is 16.6 Å². The van der Waals surface area contributed by atoms with Crippen molar-refractivity contribution in [3.63, 3.8) is 0 Å². The molecule has 0 spiro atoms. The monoisotopic (exact) mass is 402 g/mol. The number of carbonyl (C=O) groups is 1. The lowest BCUT2D eigenvalue weighted by Crippen LogP contribution is -2.29. The summed E-state index contributed by atoms with van der Waals surface area (Å²) in [4.78, 5) is 16.5. The van der Waals surface area contributed by atoms with Gasteiger partial charge in [0.25, 0.3) is 0 Å². The Hall–Kier alpha value is -1.82. The van der Waals surface area contributed by atoms with Gasteiger partial charge in [0.1, 0.15) is 11.8 Å². The summed E-state index contributed by atoms with van der Waals surface area (Å²) in [6.07, 6.45) is 0.553. The highest BCUT2D eigenvalue weighted by molar-refractivity contribution is 6.40. The third kappa shape index (κ3) is 4.42. The fourth-order valence-corrected chi connectivity index (χ4v) is 2.99. The van der Waals surface area contributed by atoms with E-state index >= 15 is 0 Å². The van der Waals surface area contributed by atoms with Crippen LogP contribution in [0.1, 0.15) is 18.2 Å². The highest BCUT2D eigenvalue weighted by Gasteiger charge is 2.19. The smallest absolute Gasteiger partial charge is 0.336 e. The van der Waals surface area contributed by atoms with Gasteiger partial charge < -0.3 is 4.74 Å². The number of hydrogen-bond donors (Lipinski definition) is 1. The van der Waals surface area contributed by atoms with Crippen LogP contribution in [0.2, 0.25) is 15.1 Å². The minimum absolute atomic E-state index is 0.0690. The van der Waals surface area contributed by atoms with E-state index in [1.54, 1.807) is 0 Å². The number of rotatable bonds is 6. The van der Waals surface area contributed by atoms with Crippen molar-refractivity contribution in [2.24, 2.45) is 0 Å². The van der Waals surface area contributed by atoms with Crippen LogP contribution in [0.3, 0.4) is 0 Å². The molecule has 1 N–H and O–H groups in total. The minimum atomic E-state index is -0.824. The third-order valence-electron chi connectivity index (χ3n) is 3.22. The van der Waals surface area contributed by atoms with Crippen LogP contribution in [0.4, 0.5) is 0 Å². The molecule has 0 aliphatic carbocycles. The summed E-state index contributed by atoms with van der Waals surface area (Å²) < 4.78 is 5.97. The van der Waals surface area contributed by atoms with Gasteiger partial charge in [0, 0.05) is 5.02 Å². The van der Waals surface area contributed by atoms with E-state index in [1.165, 1.54) is 37.0 Å². The molecule has 0 radical (unpaired) electrons. The summed E-state index contributed by atoms with van der Waals surface area (Å²) in [6.45, 7) is 1.59. The summed E-state index contributed by atoms with van der Waals surface area (Å²) in [5, 5.41) is 14.3. The van der Waals surface area contributed by atoms with Crippen LogP contribution in [0.5, 0.6) is 0 Å². The van der Waals surface area contributed by atoms with Crippen LogP contribution in [0.15, 0.2) is 18.3 Å². The maximum Gasteiger partial charge on any atom is 0.336 e. The number of carbonyl (C=O) groups excluding carboxylic acids is 1. The first-order valence-corrected chi connectivity index (χ1v) is 8.10. The molecule has 0 fully saturated rings. The lowest BCUT2D eigenvalue weighted by molar-refractivity contribution is -0.158. The van der Waals surface area contributed by atoms with Crippen molar-refractivity contribution >= 4 is 40.8 Å². The molecular weight excluding hydrogens is 391 g/mol. The fraction of sp³-hybridized carbons (Fsp3) is 0.267. The van der Waals surface area contributed by atoms with E-state index in [9.17, 15) is 10.1 Å². The SMILES string of the molecule is COC(=O)C(C)ONCc1c(C#N)cnn1-c1c(Cl)cc(Cl)cc1Cl. The Morgan fingerprint density at radius 2 is 2.04 bits per heavy atom. The van der Waals surface area contributed by atoms with Gasteiger partial charge in [-0.1, -0.05) is 34.8 Å². The number of nitrogens with one attached hydrogen (secondary N) is 1. The topological polar surface area (TPSA) is 89.2 Å². The van der Waals surface area contributed by atoms with Crippen LogP contribution >= 0.6 is 34.8 Å². The first kappa shape index (κ1) is 19.5. The molecule has 2 rings (SSSR count). The number of nitriles is 1. The van der Waals surface area contributed by atoms with Crippen molar-refractivity contribution in [1.29, 1.82) is 5.26 Å². The molecule has 1 aromatic carbocycles. The molecule has 0 saturated carbocycles. The number of esters is 1. The molecule has 0 saturated heterocycles. The predicted octanol–water partition coefficient (Wildman–Crippen LogP) is 3.29. The second-order valence-corrected chi connectivity index (χ2v) is 6.10. The van der Waals surface area contributed by atoms with Gasteiger partial charge >= 0.3 is 5.97 Å². The summed E-state index contributed by atoms with van der Waals surface area (Å²) in [5.41, 5.74) is 3.74. The Morgan fingerprint density at radius 1 is 1.40 bits per heavy atom. The summed E-state index contributed by atoms with van der Waals surface area (Å²) in [6, 6.07) is 5.06. The predicted molar refractivity (Wildman–Crippen MR) is 92.7 cm³/mol. The molecule has 0 amide bonds. The second-order valence-electron chi connectivity index (χ2n) is 4.85. The Bertz CT molecular complexity index is 809. The molecule has 7 nitrogen and oxygen atoms in total. The van der Waals surface area contributed by atoms with Gasteiger partial charge in [0.15, 0.2) is 6.10 Å². The van der Waals surface area contributed by atoms with Crippen molar-refractivity contribution < 1.29 is 14.4 Å². The number of ether oxygens (including phenoxy) is 1. The van der Waals surface area contributed by atoms with Crippen molar-refractivity contribution in [2.45, 2.75) is 19.6 Å². The molecule has 132 valence electrons. The Labute approximate surface area is 158 Å². The van der Waals surface area contributed by atoms with Gasteiger partial charge in [0.05, 0.1) is 41.2 Å². The highest BCUT2D eigenvalue weighted by atomic mass is 35.5. The molecule has 0 bridgehead atoms. The van der Waals surface area contributed by atoms with E-state index in [2.05, 4.69) is 15.3 Å². The van der Waals surface area contributed by atoms with E-state index < -0.39 is 12.1 Å². The number of hydrogen-bond acceptors (Lipinski definition) is 6. The first-order valence-electron chi connectivity index (χ1n) is 6.97. The molecule has 2 aromatic rings. The highest BCUT2D eigenvalue weighted by Crippen LogP contribution is 2.33. The van der Waals surface area contributed by atoms with E-state index in [1.807, 2.05) is 6.07 Å². The zero-order chi connectivity index (χ0) is 18.6. The first-order chi connectivity index (χ1) is 11.9. The van der Waals surface area contributed by atoms with Crippen molar-refractivity contribution in [1.82, 2.24) is 15.3 Å². The minimum Gasteiger partial charge on any atom is -0.467 e. The molecule has 1 heterocycles. The molecule has 1 atom stereocenters. The van der Waals surface area contributed by atoms with Crippen molar-refractivity contribution in [3.8, 4) is 11.8 Å². The normalized spacial score (nSPS) is 11.8. The zero-order valence-corrected chi connectivity index (χ0v) is 15.5. The van der Waals surface area contributed by atoms with Crippen LogP contribution in [0.25, 0.3) is 5.69 Å². The van der Waals surface area contributed by atoms with Crippen molar-refractivity contribution in [3.05, 3.63) is 44.7 Å². The fourth-order valence-electron chi connectivity index (χ4n) is 2.02. The Kier molecular flexibility index (Phi) is 6.64. The molecule has 1 unspecified atom stereocenters. The average molecular weight is 404 g/mol. The van der Waals surface area contributed by atoms with Crippen LogP contribution in [0, 0.1) is 11.3 Å². The zero-order valence-electron chi connectivity index (χ0n) is 13.2. The summed E-state index contributed by atoms with van der Waals surface area (Å²) >= 11 is 18.3. The maximum atomic E-state index is 11.3. The van der Waals surface area contributed by atoms with E-state index in [0.29, 0.717) is 22.0 Å². The van der Waals surface area contributed by atoms with Crippen LogP contribution in [-0.4, -0.2) is 29.0 Å². The lowest BCUT2D eigenvalue weighted by atomic mass is 10.2. The Morgan fingerprint density at radius 3 is 2.60 bits per heavy atom. The summed E-state index contributed by atoms with van der Waals surface area (Å²) in [5.74, 6) is -0.537. The molecule has 10 heteroatoms. The van der Waals surface area contributed by atoms with Gasteiger partial charge in [-0.3, -0.25) is 4.84 Å². The molecule has 0 aliphatic heterocycles. The number of hydroxylamine groups is 1. The lowest BCUT2D eigenvalue weighted by Gasteiger charge is -2.14. The second kappa shape index (κ2) is 8.52. The molecule has 0 aliphatic rings. The molecular formula is C15H13Cl3N4O3. The van der Waals surface area contributed by atoms with E-state index in [4.69, 9.17) is 39.6 Å².